The highest BCUT2D eigenvalue weighted by atomic mass is 16.4. The molecule has 1 rings (SSSR count). The molecule has 1 heterocycles. The van der Waals surface area contributed by atoms with Gasteiger partial charge in [-0.1, -0.05) is 6.08 Å². The Morgan fingerprint density at radius 3 is 2.64 bits per heavy atom. The summed E-state index contributed by atoms with van der Waals surface area (Å²) in [6, 6.07) is -1.35. The predicted octanol–water partition coefficient (Wildman–Crippen LogP) is -1.84. The Morgan fingerprint density at radius 2 is 2.21 bits per heavy atom. The van der Waals surface area contributed by atoms with Gasteiger partial charge >= 0.3 is 6.09 Å². The summed E-state index contributed by atoms with van der Waals surface area (Å²) in [7, 11) is 0. The minimum Gasteiger partial charge on any atom is -0.465 e. The molecule has 0 spiro atoms. The van der Waals surface area contributed by atoms with Crippen molar-refractivity contribution in [2.24, 2.45) is 5.73 Å². The maximum Gasteiger partial charge on any atom is 0.405 e. The molecular weight excluding hydrogens is 190 g/mol. The second-order valence-electron chi connectivity index (χ2n) is 2.72. The van der Waals surface area contributed by atoms with Gasteiger partial charge in [-0.25, -0.2) is 4.79 Å². The molecule has 0 saturated carbocycles. The Morgan fingerprint density at radius 1 is 1.57 bits per heavy atom. The van der Waals surface area contributed by atoms with Crippen molar-refractivity contribution in [3.63, 3.8) is 0 Å². The molecule has 14 heavy (non-hydrogen) atoms. The lowest BCUT2D eigenvalue weighted by atomic mass is 9.99. The van der Waals surface area contributed by atoms with Crippen LogP contribution in [-0.4, -0.2) is 35.1 Å². The van der Waals surface area contributed by atoms with Crippen molar-refractivity contribution >= 4 is 17.9 Å². The fourth-order valence-corrected chi connectivity index (χ4v) is 1.05. The maximum absolute atomic E-state index is 10.8. The molecular formula is C7H9N3O4. The summed E-state index contributed by atoms with van der Waals surface area (Å²) >= 11 is 0. The van der Waals surface area contributed by atoms with E-state index in [-0.39, 0.29) is 0 Å². The third-order valence-electron chi connectivity index (χ3n) is 1.70. The smallest absolute Gasteiger partial charge is 0.405 e. The zero-order valence-corrected chi connectivity index (χ0v) is 7.06. The monoisotopic (exact) mass is 199 g/mol. The van der Waals surface area contributed by atoms with E-state index in [0.717, 1.165) is 6.08 Å². The third kappa shape index (κ3) is 2.22. The van der Waals surface area contributed by atoms with Gasteiger partial charge in [0, 0.05) is 6.08 Å². The van der Waals surface area contributed by atoms with Crippen LogP contribution >= 0.6 is 0 Å². The van der Waals surface area contributed by atoms with Gasteiger partial charge in [-0.3, -0.25) is 9.59 Å². The Hall–Kier alpha value is -2.05. The fraction of sp³-hybridized carbons (Fsp3) is 0.286. The summed E-state index contributed by atoms with van der Waals surface area (Å²) in [5, 5.41) is 12.8. The van der Waals surface area contributed by atoms with Crippen LogP contribution < -0.4 is 16.4 Å². The molecule has 0 aromatic heterocycles. The first kappa shape index (κ1) is 10.0. The van der Waals surface area contributed by atoms with Crippen molar-refractivity contribution in [3.05, 3.63) is 12.2 Å². The van der Waals surface area contributed by atoms with Gasteiger partial charge in [0.05, 0.1) is 6.04 Å². The average Bonchev–Trinajstić information content (AvgIpc) is 2.07. The van der Waals surface area contributed by atoms with E-state index in [2.05, 4.69) is 5.32 Å². The van der Waals surface area contributed by atoms with Crippen LogP contribution in [0.1, 0.15) is 0 Å². The molecule has 0 bridgehead atoms. The average molecular weight is 199 g/mol. The standard InChI is InChI=1S/C7H9N3O4/c8-4(11)2-1-3-5(6(12)9-3)10-7(13)14/h1-3,5,10H,(H2,8,11)(H,9,12)(H,13,14)/t3-,5-/m1/s1. The van der Waals surface area contributed by atoms with E-state index in [4.69, 9.17) is 10.8 Å². The molecule has 0 aromatic carbocycles. The summed E-state index contributed by atoms with van der Waals surface area (Å²) in [5.41, 5.74) is 4.83. The predicted molar refractivity (Wildman–Crippen MR) is 45.2 cm³/mol. The number of hydrogen-bond acceptors (Lipinski definition) is 3. The highest BCUT2D eigenvalue weighted by Gasteiger charge is 2.38. The zero-order valence-electron chi connectivity index (χ0n) is 7.06. The Bertz CT molecular complexity index is 312. The Labute approximate surface area is 79.0 Å². The van der Waals surface area contributed by atoms with Crippen LogP contribution in [0.3, 0.4) is 0 Å². The molecule has 3 amide bonds. The molecule has 5 N–H and O–H groups in total. The van der Waals surface area contributed by atoms with E-state index in [1.165, 1.54) is 6.08 Å². The number of carbonyl (C=O) groups excluding carboxylic acids is 2. The van der Waals surface area contributed by atoms with Crippen molar-refractivity contribution in [3.8, 4) is 0 Å². The molecule has 7 nitrogen and oxygen atoms in total. The number of primary amides is 1. The summed E-state index contributed by atoms with van der Waals surface area (Å²) in [4.78, 5) is 31.4. The maximum atomic E-state index is 10.8. The molecule has 1 aliphatic rings. The third-order valence-corrected chi connectivity index (χ3v) is 1.70. The van der Waals surface area contributed by atoms with Gasteiger partial charge in [-0.15, -0.1) is 0 Å². The summed E-state index contributed by atoms with van der Waals surface area (Å²) < 4.78 is 0. The highest BCUT2D eigenvalue weighted by molar-refractivity contribution is 5.93. The van der Waals surface area contributed by atoms with E-state index < -0.39 is 30.0 Å². The van der Waals surface area contributed by atoms with Crippen LogP contribution in [0, 0.1) is 0 Å². The molecule has 0 aliphatic carbocycles. The number of amides is 3. The second-order valence-corrected chi connectivity index (χ2v) is 2.72. The van der Waals surface area contributed by atoms with Crippen molar-refractivity contribution in [1.29, 1.82) is 0 Å². The molecule has 1 fully saturated rings. The minimum absolute atomic E-state index is 0.425. The number of nitrogens with one attached hydrogen (secondary N) is 2. The van der Waals surface area contributed by atoms with Crippen LogP contribution in [0.5, 0.6) is 0 Å². The molecule has 0 unspecified atom stereocenters. The quantitative estimate of drug-likeness (QED) is 0.315. The Kier molecular flexibility index (Phi) is 2.70. The van der Waals surface area contributed by atoms with E-state index in [0.29, 0.717) is 0 Å². The van der Waals surface area contributed by atoms with Gasteiger partial charge in [0.15, 0.2) is 0 Å². The minimum atomic E-state index is -1.29. The van der Waals surface area contributed by atoms with Crippen LogP contribution in [-0.2, 0) is 9.59 Å². The second kappa shape index (κ2) is 3.77. The normalized spacial score (nSPS) is 25.3. The molecule has 7 heteroatoms. The van der Waals surface area contributed by atoms with Crippen LogP contribution in [0.2, 0.25) is 0 Å². The summed E-state index contributed by atoms with van der Waals surface area (Å²) in [5.74, 6) is -1.08. The van der Waals surface area contributed by atoms with Gasteiger partial charge in [-0.2, -0.15) is 0 Å². The summed E-state index contributed by atoms with van der Waals surface area (Å²) in [6.07, 6.45) is 1.12. The van der Waals surface area contributed by atoms with Crippen LogP contribution in [0.15, 0.2) is 12.2 Å². The van der Waals surface area contributed by atoms with Gasteiger partial charge in [0.25, 0.3) is 0 Å². The van der Waals surface area contributed by atoms with Crippen molar-refractivity contribution in [2.75, 3.05) is 0 Å². The first-order valence-electron chi connectivity index (χ1n) is 3.78. The molecule has 2 atom stereocenters. The number of hydrogen-bond donors (Lipinski definition) is 4. The van der Waals surface area contributed by atoms with Gasteiger partial charge in [0.2, 0.25) is 11.8 Å². The number of nitrogens with two attached hydrogens (primary N) is 1. The van der Waals surface area contributed by atoms with E-state index >= 15 is 0 Å². The van der Waals surface area contributed by atoms with Crippen molar-refractivity contribution in [2.45, 2.75) is 12.1 Å². The summed E-state index contributed by atoms with van der Waals surface area (Å²) in [6.45, 7) is 0. The van der Waals surface area contributed by atoms with Crippen molar-refractivity contribution in [1.82, 2.24) is 10.6 Å². The van der Waals surface area contributed by atoms with Gasteiger partial charge in [0.1, 0.15) is 6.04 Å². The zero-order chi connectivity index (χ0) is 10.7. The molecule has 1 aliphatic heterocycles. The van der Waals surface area contributed by atoms with E-state index in [1.54, 1.807) is 0 Å². The number of β-lactam (4-membered cyclic amide) rings is 1. The lowest BCUT2D eigenvalue weighted by Gasteiger charge is -2.34. The molecule has 0 radical (unpaired) electrons. The number of carboxylic acid groups (broad SMARTS) is 1. The van der Waals surface area contributed by atoms with Gasteiger partial charge < -0.3 is 21.5 Å². The lowest BCUT2D eigenvalue weighted by molar-refractivity contribution is -0.130. The first-order chi connectivity index (χ1) is 6.50. The largest absolute Gasteiger partial charge is 0.465 e. The Balaban J connectivity index is 2.52. The number of rotatable bonds is 3. The van der Waals surface area contributed by atoms with Crippen LogP contribution in [0.25, 0.3) is 0 Å². The number of carbonyl (C=O) groups is 3. The highest BCUT2D eigenvalue weighted by Crippen LogP contribution is 2.07. The fourth-order valence-electron chi connectivity index (χ4n) is 1.05. The van der Waals surface area contributed by atoms with E-state index in [1.807, 2.05) is 5.32 Å². The molecule has 0 aromatic rings. The van der Waals surface area contributed by atoms with E-state index in [9.17, 15) is 14.4 Å². The molecule has 76 valence electrons. The van der Waals surface area contributed by atoms with Crippen molar-refractivity contribution < 1.29 is 19.5 Å². The SMILES string of the molecule is NC(=O)C=C[C@H]1NC(=O)[C@@H]1NC(=O)O. The topological polar surface area (TPSA) is 122 Å². The van der Waals surface area contributed by atoms with Gasteiger partial charge in [-0.05, 0) is 0 Å². The first-order valence-corrected chi connectivity index (χ1v) is 3.78. The molecule has 1 saturated heterocycles. The van der Waals surface area contributed by atoms with Crippen LogP contribution in [0.4, 0.5) is 4.79 Å². The lowest BCUT2D eigenvalue weighted by Crippen LogP contribution is -2.68.